The van der Waals surface area contributed by atoms with Crippen LogP contribution in [0, 0.1) is 12.7 Å². The molecule has 22 heavy (non-hydrogen) atoms. The summed E-state index contributed by atoms with van der Waals surface area (Å²) in [6.07, 6.45) is 0. The summed E-state index contributed by atoms with van der Waals surface area (Å²) in [5, 5.41) is 4.30. The number of ether oxygens (including phenoxy) is 1. The van der Waals surface area contributed by atoms with Gasteiger partial charge in [-0.2, -0.15) is 5.10 Å². The molecule has 0 unspecified atom stereocenters. The number of halogens is 1. The van der Waals surface area contributed by atoms with E-state index >= 15 is 0 Å². The van der Waals surface area contributed by atoms with Crippen LogP contribution >= 0.6 is 11.8 Å². The van der Waals surface area contributed by atoms with Gasteiger partial charge >= 0.3 is 5.97 Å². The predicted molar refractivity (Wildman–Crippen MR) is 82.5 cm³/mol. The number of aromatic nitrogens is 2. The van der Waals surface area contributed by atoms with Gasteiger partial charge in [-0.25, -0.2) is 9.18 Å². The normalized spacial score (nSPS) is 10.7. The van der Waals surface area contributed by atoms with Crippen molar-refractivity contribution in [2.45, 2.75) is 30.2 Å². The van der Waals surface area contributed by atoms with E-state index in [1.165, 1.54) is 23.9 Å². The van der Waals surface area contributed by atoms with Crippen molar-refractivity contribution in [2.75, 3.05) is 13.2 Å². The average Bonchev–Trinajstić information content (AvgIpc) is 2.80. The van der Waals surface area contributed by atoms with E-state index in [4.69, 9.17) is 10.5 Å². The van der Waals surface area contributed by atoms with E-state index in [0.29, 0.717) is 18.0 Å². The van der Waals surface area contributed by atoms with Gasteiger partial charge in [0, 0.05) is 11.4 Å². The van der Waals surface area contributed by atoms with Crippen LogP contribution in [0.15, 0.2) is 34.1 Å². The summed E-state index contributed by atoms with van der Waals surface area (Å²) in [7, 11) is 0. The molecule has 0 saturated heterocycles. The highest BCUT2D eigenvalue weighted by Crippen LogP contribution is 2.33. The smallest absolute Gasteiger partial charge is 0.360 e. The van der Waals surface area contributed by atoms with Crippen LogP contribution in [0.5, 0.6) is 0 Å². The van der Waals surface area contributed by atoms with Gasteiger partial charge in [-0.05, 0) is 38.1 Å². The molecule has 0 saturated carbocycles. The highest BCUT2D eigenvalue weighted by Gasteiger charge is 2.22. The second-order valence-corrected chi connectivity index (χ2v) is 5.64. The van der Waals surface area contributed by atoms with Gasteiger partial charge < -0.3 is 10.5 Å². The van der Waals surface area contributed by atoms with Gasteiger partial charge in [0.05, 0.1) is 23.7 Å². The fraction of sp³-hybridized carbons (Fsp3) is 0.333. The molecule has 7 heteroatoms. The number of carbonyl (C=O) groups is 1. The highest BCUT2D eigenvalue weighted by atomic mass is 32.2. The van der Waals surface area contributed by atoms with Crippen LogP contribution < -0.4 is 5.73 Å². The van der Waals surface area contributed by atoms with Gasteiger partial charge in [-0.15, -0.1) is 0 Å². The molecule has 0 aliphatic carbocycles. The molecule has 0 amide bonds. The third-order valence-electron chi connectivity index (χ3n) is 2.99. The molecule has 2 aromatic rings. The molecule has 1 aromatic heterocycles. The van der Waals surface area contributed by atoms with E-state index in [2.05, 4.69) is 5.10 Å². The molecule has 0 atom stereocenters. The van der Waals surface area contributed by atoms with Crippen molar-refractivity contribution in [1.82, 2.24) is 9.78 Å². The minimum atomic E-state index is -0.467. The molecule has 2 rings (SSSR count). The number of esters is 1. The summed E-state index contributed by atoms with van der Waals surface area (Å²) >= 11 is 1.36. The second-order valence-electron chi connectivity index (χ2n) is 4.55. The van der Waals surface area contributed by atoms with Crippen LogP contribution in [0.2, 0.25) is 0 Å². The van der Waals surface area contributed by atoms with Crippen molar-refractivity contribution < 1.29 is 13.9 Å². The number of benzene rings is 1. The van der Waals surface area contributed by atoms with Crippen LogP contribution in [0.4, 0.5) is 4.39 Å². The Hall–Kier alpha value is -1.86. The van der Waals surface area contributed by atoms with Crippen molar-refractivity contribution in [3.63, 3.8) is 0 Å². The Morgan fingerprint density at radius 2 is 2.09 bits per heavy atom. The van der Waals surface area contributed by atoms with Gasteiger partial charge in [0.2, 0.25) is 0 Å². The number of rotatable bonds is 6. The molecular formula is C15H18FN3O2S. The monoisotopic (exact) mass is 323 g/mol. The van der Waals surface area contributed by atoms with Crippen LogP contribution in [-0.2, 0) is 11.3 Å². The summed E-state index contributed by atoms with van der Waals surface area (Å²) in [6.45, 7) is 4.83. The Morgan fingerprint density at radius 1 is 1.41 bits per heavy atom. The summed E-state index contributed by atoms with van der Waals surface area (Å²) < 4.78 is 19.7. The van der Waals surface area contributed by atoms with Gasteiger partial charge in [0.1, 0.15) is 5.82 Å². The van der Waals surface area contributed by atoms with Gasteiger partial charge in [-0.1, -0.05) is 11.8 Å². The number of nitrogens with zero attached hydrogens (tertiary/aromatic N) is 2. The molecule has 1 heterocycles. The molecule has 0 radical (unpaired) electrons. The first kappa shape index (κ1) is 16.5. The molecule has 0 spiro atoms. The van der Waals surface area contributed by atoms with Crippen molar-refractivity contribution in [3.8, 4) is 0 Å². The standard InChI is InChI=1S/C15H18FN3O2S/c1-3-21-15(20)13-14(10(2)19(18-13)9-8-17)22-12-6-4-11(16)5-7-12/h4-7H,3,8-9,17H2,1-2H3. The first-order valence-electron chi connectivity index (χ1n) is 6.94. The fourth-order valence-corrected chi connectivity index (χ4v) is 2.93. The highest BCUT2D eigenvalue weighted by molar-refractivity contribution is 7.99. The second kappa shape index (κ2) is 7.42. The van der Waals surface area contributed by atoms with Gasteiger partial charge in [-0.3, -0.25) is 4.68 Å². The lowest BCUT2D eigenvalue weighted by molar-refractivity contribution is 0.0514. The Kier molecular flexibility index (Phi) is 5.57. The lowest BCUT2D eigenvalue weighted by atomic mass is 10.3. The van der Waals surface area contributed by atoms with E-state index in [1.807, 2.05) is 6.92 Å². The zero-order valence-electron chi connectivity index (χ0n) is 12.5. The van der Waals surface area contributed by atoms with Crippen molar-refractivity contribution >= 4 is 17.7 Å². The quantitative estimate of drug-likeness (QED) is 0.828. The SMILES string of the molecule is CCOC(=O)c1nn(CCN)c(C)c1Sc1ccc(F)cc1. The lowest BCUT2D eigenvalue weighted by Gasteiger charge is -2.04. The van der Waals surface area contributed by atoms with E-state index in [1.54, 1.807) is 23.7 Å². The van der Waals surface area contributed by atoms with E-state index < -0.39 is 5.97 Å². The van der Waals surface area contributed by atoms with Crippen LogP contribution in [0.25, 0.3) is 0 Å². The third-order valence-corrected chi connectivity index (χ3v) is 4.20. The largest absolute Gasteiger partial charge is 0.461 e. The Morgan fingerprint density at radius 3 is 2.68 bits per heavy atom. The van der Waals surface area contributed by atoms with Crippen molar-refractivity contribution in [1.29, 1.82) is 0 Å². The molecule has 1 aromatic carbocycles. The average molecular weight is 323 g/mol. The first-order chi connectivity index (χ1) is 10.6. The molecule has 0 aliphatic heterocycles. The number of hydrogen-bond donors (Lipinski definition) is 1. The molecule has 5 nitrogen and oxygen atoms in total. The summed E-state index contributed by atoms with van der Waals surface area (Å²) in [5.41, 5.74) is 6.67. The summed E-state index contributed by atoms with van der Waals surface area (Å²) in [5.74, 6) is -0.767. The lowest BCUT2D eigenvalue weighted by Crippen LogP contribution is -2.13. The molecular weight excluding hydrogens is 305 g/mol. The third kappa shape index (κ3) is 3.66. The van der Waals surface area contributed by atoms with Crippen LogP contribution in [0.1, 0.15) is 23.1 Å². The Balaban J connectivity index is 2.38. The van der Waals surface area contributed by atoms with Crippen molar-refractivity contribution in [3.05, 3.63) is 41.5 Å². The maximum absolute atomic E-state index is 13.0. The molecule has 118 valence electrons. The van der Waals surface area contributed by atoms with E-state index in [-0.39, 0.29) is 18.1 Å². The topological polar surface area (TPSA) is 70.1 Å². The van der Waals surface area contributed by atoms with Gasteiger partial charge in [0.25, 0.3) is 0 Å². The van der Waals surface area contributed by atoms with Crippen molar-refractivity contribution in [2.24, 2.45) is 5.73 Å². The fourth-order valence-electron chi connectivity index (χ4n) is 1.95. The Bertz CT molecular complexity index is 656. The van der Waals surface area contributed by atoms with Gasteiger partial charge in [0.15, 0.2) is 5.69 Å². The number of hydrogen-bond acceptors (Lipinski definition) is 5. The zero-order valence-corrected chi connectivity index (χ0v) is 13.3. The van der Waals surface area contributed by atoms with E-state index in [0.717, 1.165) is 10.6 Å². The Labute approximate surface area is 132 Å². The van der Waals surface area contributed by atoms with Crippen LogP contribution in [-0.4, -0.2) is 28.9 Å². The molecule has 0 bridgehead atoms. The predicted octanol–water partition coefficient (Wildman–Crippen LogP) is 2.62. The minimum absolute atomic E-state index is 0.266. The molecule has 0 fully saturated rings. The minimum Gasteiger partial charge on any atom is -0.461 e. The maximum atomic E-state index is 13.0. The van der Waals surface area contributed by atoms with E-state index in [9.17, 15) is 9.18 Å². The summed E-state index contributed by atoms with van der Waals surface area (Å²) in [4.78, 5) is 13.6. The van der Waals surface area contributed by atoms with Crippen LogP contribution in [0.3, 0.4) is 0 Å². The molecule has 0 aliphatic rings. The maximum Gasteiger partial charge on any atom is 0.360 e. The number of nitrogens with two attached hydrogens (primary N) is 1. The zero-order chi connectivity index (χ0) is 16.1. The number of carbonyl (C=O) groups excluding carboxylic acids is 1. The summed E-state index contributed by atoms with van der Waals surface area (Å²) in [6, 6.07) is 6.08. The first-order valence-corrected chi connectivity index (χ1v) is 7.76. The molecule has 2 N–H and O–H groups in total.